The predicted octanol–water partition coefficient (Wildman–Crippen LogP) is 4.17. The standard InChI is InChI=1S/C17H9ClF2N2O3S/c1-2-25-17(24)12-13(23)8-6-9(19)14(20)21-15(8)22-10-4-3-7(18)5-11(10)26-16(12)22/h3-6H,2H2,1H3. The van der Waals surface area contributed by atoms with E-state index in [0.29, 0.717) is 15.2 Å². The number of rotatable bonds is 2. The molecule has 3 heterocycles. The van der Waals surface area contributed by atoms with Crippen LogP contribution in [0.15, 0.2) is 29.1 Å². The first-order chi connectivity index (χ1) is 12.4. The first kappa shape index (κ1) is 16.9. The number of aromatic nitrogens is 2. The molecule has 0 saturated carbocycles. The summed E-state index contributed by atoms with van der Waals surface area (Å²) in [5.41, 5.74) is -0.527. The average Bonchev–Trinajstić information content (AvgIpc) is 2.95. The molecule has 1 aromatic carbocycles. The molecule has 0 aliphatic carbocycles. The van der Waals surface area contributed by atoms with E-state index in [4.69, 9.17) is 16.3 Å². The number of benzene rings is 1. The Bertz CT molecular complexity index is 1280. The Morgan fingerprint density at radius 1 is 1.35 bits per heavy atom. The molecule has 0 spiro atoms. The molecule has 9 heteroatoms. The predicted molar refractivity (Wildman–Crippen MR) is 95.2 cm³/mol. The number of pyridine rings is 2. The van der Waals surface area contributed by atoms with Gasteiger partial charge in [0.1, 0.15) is 10.4 Å². The Balaban J connectivity index is 2.30. The highest BCUT2D eigenvalue weighted by molar-refractivity contribution is 7.24. The highest BCUT2D eigenvalue weighted by Crippen LogP contribution is 2.32. The van der Waals surface area contributed by atoms with E-state index in [-0.39, 0.29) is 28.0 Å². The van der Waals surface area contributed by atoms with Gasteiger partial charge >= 0.3 is 5.97 Å². The molecule has 0 radical (unpaired) electrons. The number of nitrogens with zero attached hydrogens (tertiary/aromatic N) is 2. The molecule has 26 heavy (non-hydrogen) atoms. The molecule has 0 atom stereocenters. The van der Waals surface area contributed by atoms with Crippen LogP contribution >= 0.6 is 22.9 Å². The average molecular weight is 395 g/mol. The Hall–Kier alpha value is -2.58. The van der Waals surface area contributed by atoms with Crippen LogP contribution in [0.5, 0.6) is 0 Å². The van der Waals surface area contributed by atoms with E-state index >= 15 is 0 Å². The van der Waals surface area contributed by atoms with Gasteiger partial charge < -0.3 is 4.74 Å². The molecule has 4 aromatic rings. The lowest BCUT2D eigenvalue weighted by Gasteiger charge is -2.08. The highest BCUT2D eigenvalue weighted by atomic mass is 35.5. The number of hydrogen-bond donors (Lipinski definition) is 0. The Kier molecular flexibility index (Phi) is 3.89. The van der Waals surface area contributed by atoms with Crippen LogP contribution in [0.2, 0.25) is 5.02 Å². The molecule has 5 nitrogen and oxygen atoms in total. The molecule has 132 valence electrons. The number of halogens is 3. The smallest absolute Gasteiger partial charge is 0.345 e. The number of esters is 1. The maximum absolute atomic E-state index is 13.7. The zero-order chi connectivity index (χ0) is 18.6. The lowest BCUT2D eigenvalue weighted by Crippen LogP contribution is -2.20. The van der Waals surface area contributed by atoms with Gasteiger partial charge in [-0.15, -0.1) is 11.3 Å². The molecule has 0 amide bonds. The van der Waals surface area contributed by atoms with E-state index in [2.05, 4.69) is 4.98 Å². The number of ether oxygens (including phenoxy) is 1. The van der Waals surface area contributed by atoms with Gasteiger partial charge in [0.15, 0.2) is 11.5 Å². The van der Waals surface area contributed by atoms with E-state index in [1.165, 1.54) is 4.40 Å². The van der Waals surface area contributed by atoms with Crippen molar-refractivity contribution in [2.75, 3.05) is 6.61 Å². The Labute approximate surface area is 153 Å². The van der Waals surface area contributed by atoms with Crippen molar-refractivity contribution in [2.24, 2.45) is 0 Å². The molecular formula is C17H9ClF2N2O3S. The van der Waals surface area contributed by atoms with Crippen molar-refractivity contribution < 1.29 is 18.3 Å². The van der Waals surface area contributed by atoms with Gasteiger partial charge in [-0.2, -0.15) is 9.37 Å². The summed E-state index contributed by atoms with van der Waals surface area (Å²) in [6, 6.07) is 5.67. The fraction of sp³-hybridized carbons (Fsp3) is 0.118. The second kappa shape index (κ2) is 6.00. The van der Waals surface area contributed by atoms with Crippen molar-refractivity contribution in [3.05, 3.63) is 56.8 Å². The van der Waals surface area contributed by atoms with E-state index in [0.717, 1.165) is 17.4 Å². The van der Waals surface area contributed by atoms with Crippen molar-refractivity contribution in [2.45, 2.75) is 6.92 Å². The van der Waals surface area contributed by atoms with Gasteiger partial charge in [0.05, 0.1) is 22.2 Å². The van der Waals surface area contributed by atoms with Gasteiger partial charge in [-0.1, -0.05) is 11.6 Å². The summed E-state index contributed by atoms with van der Waals surface area (Å²) in [5.74, 6) is -3.44. The second-order valence-electron chi connectivity index (χ2n) is 5.41. The molecule has 0 bridgehead atoms. The zero-order valence-corrected chi connectivity index (χ0v) is 14.8. The van der Waals surface area contributed by atoms with Gasteiger partial charge in [0.2, 0.25) is 5.43 Å². The molecule has 0 fully saturated rings. The van der Waals surface area contributed by atoms with Gasteiger partial charge in [0.25, 0.3) is 5.95 Å². The second-order valence-corrected chi connectivity index (χ2v) is 6.88. The molecule has 0 N–H and O–H groups in total. The van der Waals surface area contributed by atoms with Crippen molar-refractivity contribution >= 4 is 55.0 Å². The maximum Gasteiger partial charge on any atom is 0.345 e. The number of thiazole rings is 1. The van der Waals surface area contributed by atoms with Gasteiger partial charge in [-0.25, -0.2) is 9.18 Å². The van der Waals surface area contributed by atoms with Crippen molar-refractivity contribution in [3.63, 3.8) is 0 Å². The van der Waals surface area contributed by atoms with E-state index < -0.39 is 23.2 Å². The summed E-state index contributed by atoms with van der Waals surface area (Å²) in [7, 11) is 0. The topological polar surface area (TPSA) is 60.7 Å². The van der Waals surface area contributed by atoms with Crippen LogP contribution in [-0.4, -0.2) is 22.0 Å². The van der Waals surface area contributed by atoms with Gasteiger partial charge in [0, 0.05) is 5.02 Å². The van der Waals surface area contributed by atoms with Gasteiger partial charge in [-0.05, 0) is 31.2 Å². The third kappa shape index (κ3) is 2.37. The minimum atomic E-state index is -1.33. The first-order valence-corrected chi connectivity index (χ1v) is 8.71. The van der Waals surface area contributed by atoms with Crippen LogP contribution in [0.3, 0.4) is 0 Å². The summed E-state index contributed by atoms with van der Waals surface area (Å²) in [6.45, 7) is 1.67. The van der Waals surface area contributed by atoms with E-state index in [1.54, 1.807) is 25.1 Å². The minimum absolute atomic E-state index is 0.0647. The van der Waals surface area contributed by atoms with Crippen molar-refractivity contribution in [1.82, 2.24) is 9.38 Å². The van der Waals surface area contributed by atoms with Crippen LogP contribution in [-0.2, 0) is 4.74 Å². The Morgan fingerprint density at radius 3 is 2.85 bits per heavy atom. The molecule has 0 saturated heterocycles. The first-order valence-electron chi connectivity index (χ1n) is 7.52. The number of carbonyl (C=O) groups excluding carboxylic acids is 1. The summed E-state index contributed by atoms with van der Waals surface area (Å²) < 4.78 is 34.5. The maximum atomic E-state index is 13.7. The number of carbonyl (C=O) groups is 1. The molecule has 0 unspecified atom stereocenters. The van der Waals surface area contributed by atoms with E-state index in [9.17, 15) is 18.4 Å². The van der Waals surface area contributed by atoms with Gasteiger partial charge in [-0.3, -0.25) is 9.20 Å². The summed E-state index contributed by atoms with van der Waals surface area (Å²) >= 11 is 7.13. The molecule has 0 aliphatic rings. The minimum Gasteiger partial charge on any atom is -0.462 e. The molecular weight excluding hydrogens is 386 g/mol. The van der Waals surface area contributed by atoms with Crippen molar-refractivity contribution in [1.29, 1.82) is 0 Å². The summed E-state index contributed by atoms with van der Waals surface area (Å²) in [6.07, 6.45) is 0. The third-order valence-corrected chi connectivity index (χ3v) is 5.22. The molecule has 0 aliphatic heterocycles. The fourth-order valence-electron chi connectivity index (χ4n) is 2.80. The van der Waals surface area contributed by atoms with Crippen LogP contribution in [0.4, 0.5) is 8.78 Å². The number of hydrogen-bond acceptors (Lipinski definition) is 5. The third-order valence-electron chi connectivity index (χ3n) is 3.86. The van der Waals surface area contributed by atoms with E-state index in [1.807, 2.05) is 0 Å². The lowest BCUT2D eigenvalue weighted by atomic mass is 10.2. The molecule has 3 aromatic heterocycles. The van der Waals surface area contributed by atoms with Crippen LogP contribution < -0.4 is 5.43 Å². The number of fused-ring (bicyclic) bond motifs is 5. The fourth-order valence-corrected chi connectivity index (χ4v) is 4.25. The Morgan fingerprint density at radius 2 is 2.12 bits per heavy atom. The van der Waals surface area contributed by atoms with Crippen LogP contribution in [0.1, 0.15) is 17.3 Å². The van der Waals surface area contributed by atoms with Crippen molar-refractivity contribution in [3.8, 4) is 0 Å². The quantitative estimate of drug-likeness (QED) is 0.378. The summed E-state index contributed by atoms with van der Waals surface area (Å²) in [5, 5.41) is 0.248. The largest absolute Gasteiger partial charge is 0.462 e. The van der Waals surface area contributed by atoms with Crippen LogP contribution in [0.25, 0.3) is 26.1 Å². The normalized spacial score (nSPS) is 11.5. The monoisotopic (exact) mass is 394 g/mol. The molecule has 4 rings (SSSR count). The summed E-state index contributed by atoms with van der Waals surface area (Å²) in [4.78, 5) is 29.0. The van der Waals surface area contributed by atoms with Crippen LogP contribution in [0, 0.1) is 11.8 Å². The zero-order valence-electron chi connectivity index (χ0n) is 13.2. The highest BCUT2D eigenvalue weighted by Gasteiger charge is 2.24. The lowest BCUT2D eigenvalue weighted by molar-refractivity contribution is 0.0527. The SMILES string of the molecule is CCOC(=O)c1c(=O)c2cc(F)c(F)nc2n2c1sc1cc(Cl)ccc12.